The molecule has 2 atom stereocenters. The summed E-state index contributed by atoms with van der Waals surface area (Å²) in [5.74, 6) is 1.73. The Bertz CT molecular complexity index is 991. The molecule has 2 aromatic rings. The van der Waals surface area contributed by atoms with Gasteiger partial charge in [-0.2, -0.15) is 0 Å². The number of ether oxygens (including phenoxy) is 2. The summed E-state index contributed by atoms with van der Waals surface area (Å²) in [6.07, 6.45) is 4.01. The lowest BCUT2D eigenvalue weighted by molar-refractivity contribution is -0.127. The van der Waals surface area contributed by atoms with Crippen molar-refractivity contribution in [3.8, 4) is 11.5 Å². The van der Waals surface area contributed by atoms with E-state index in [4.69, 9.17) is 9.47 Å². The Hall–Kier alpha value is -3.16. The molecule has 0 unspecified atom stereocenters. The first-order valence-electron chi connectivity index (χ1n) is 10.4. The smallest absolute Gasteiger partial charge is 0.227 e. The van der Waals surface area contributed by atoms with E-state index in [0.29, 0.717) is 43.0 Å². The number of aryl methyl sites for hydroxylation is 1. The Morgan fingerprint density at radius 2 is 2.00 bits per heavy atom. The third kappa shape index (κ3) is 3.69. The van der Waals surface area contributed by atoms with Gasteiger partial charge in [-0.15, -0.1) is 0 Å². The van der Waals surface area contributed by atoms with Crippen LogP contribution in [0.4, 0.5) is 5.69 Å². The summed E-state index contributed by atoms with van der Waals surface area (Å²) in [7, 11) is 0. The lowest BCUT2D eigenvalue weighted by atomic mass is 10.1. The second-order valence-corrected chi connectivity index (χ2v) is 8.11. The van der Waals surface area contributed by atoms with Crippen molar-refractivity contribution in [2.24, 2.45) is 11.8 Å². The maximum Gasteiger partial charge on any atom is 0.227 e. The Labute approximate surface area is 174 Å². The molecule has 3 aliphatic rings. The molecule has 2 fully saturated rings. The molecular weight excluding hydrogens is 384 g/mol. The van der Waals surface area contributed by atoms with E-state index in [-0.39, 0.29) is 24.3 Å². The summed E-state index contributed by atoms with van der Waals surface area (Å²) in [5, 5.41) is 3.12. The van der Waals surface area contributed by atoms with Crippen LogP contribution in [0.1, 0.15) is 36.8 Å². The number of nitrogens with zero attached hydrogens (tertiary/aromatic N) is 3. The molecule has 2 aliphatic heterocycles. The highest BCUT2D eigenvalue weighted by Gasteiger charge is 2.40. The number of benzene rings is 1. The SMILES string of the molecule is Cc1ccnc([C@H](NC(=O)[C@H]2CC(=O)N(c3ccc4c(c3)OCCO4)C2)C2CC2)n1. The van der Waals surface area contributed by atoms with Gasteiger partial charge < -0.3 is 19.7 Å². The largest absolute Gasteiger partial charge is 0.486 e. The molecule has 1 N–H and O–H groups in total. The number of aromatic nitrogens is 2. The fraction of sp³-hybridized carbons (Fsp3) is 0.455. The van der Waals surface area contributed by atoms with E-state index in [1.54, 1.807) is 17.2 Å². The number of carbonyl (C=O) groups is 2. The fourth-order valence-electron chi connectivity index (χ4n) is 4.04. The molecule has 0 radical (unpaired) electrons. The van der Waals surface area contributed by atoms with Crippen LogP contribution >= 0.6 is 0 Å². The molecule has 0 bridgehead atoms. The molecule has 30 heavy (non-hydrogen) atoms. The number of hydrogen-bond acceptors (Lipinski definition) is 6. The summed E-state index contributed by atoms with van der Waals surface area (Å²) in [6.45, 7) is 3.26. The minimum Gasteiger partial charge on any atom is -0.486 e. The van der Waals surface area contributed by atoms with Crippen LogP contribution in [0.3, 0.4) is 0 Å². The van der Waals surface area contributed by atoms with Gasteiger partial charge in [-0.25, -0.2) is 9.97 Å². The number of anilines is 1. The van der Waals surface area contributed by atoms with Gasteiger partial charge in [-0.1, -0.05) is 0 Å². The zero-order chi connectivity index (χ0) is 20.7. The number of amides is 2. The number of nitrogens with one attached hydrogen (secondary N) is 1. The molecule has 5 rings (SSSR count). The van der Waals surface area contributed by atoms with Crippen molar-refractivity contribution >= 4 is 17.5 Å². The molecule has 8 nitrogen and oxygen atoms in total. The Balaban J connectivity index is 1.29. The summed E-state index contributed by atoms with van der Waals surface area (Å²) in [5.41, 5.74) is 1.60. The summed E-state index contributed by atoms with van der Waals surface area (Å²) < 4.78 is 11.2. The van der Waals surface area contributed by atoms with Gasteiger partial charge in [0.1, 0.15) is 13.2 Å². The molecule has 2 amide bonds. The van der Waals surface area contributed by atoms with Crippen molar-refractivity contribution in [3.63, 3.8) is 0 Å². The van der Waals surface area contributed by atoms with Crippen LogP contribution in [0.2, 0.25) is 0 Å². The molecule has 1 aromatic carbocycles. The first-order chi connectivity index (χ1) is 14.6. The zero-order valence-corrected chi connectivity index (χ0v) is 16.8. The molecule has 1 saturated heterocycles. The highest BCUT2D eigenvalue weighted by atomic mass is 16.6. The van der Waals surface area contributed by atoms with Crippen LogP contribution in [0.25, 0.3) is 0 Å². The average molecular weight is 408 g/mol. The number of rotatable bonds is 5. The second kappa shape index (κ2) is 7.59. The van der Waals surface area contributed by atoms with Crippen LogP contribution in [0, 0.1) is 18.8 Å². The maximum absolute atomic E-state index is 13.0. The molecule has 156 valence electrons. The highest BCUT2D eigenvalue weighted by molar-refractivity contribution is 6.00. The van der Waals surface area contributed by atoms with E-state index >= 15 is 0 Å². The van der Waals surface area contributed by atoms with Crippen LogP contribution in [-0.2, 0) is 9.59 Å². The van der Waals surface area contributed by atoms with Crippen LogP contribution in [-0.4, -0.2) is 41.5 Å². The summed E-state index contributed by atoms with van der Waals surface area (Å²) in [6, 6.07) is 7.09. The third-order valence-corrected chi connectivity index (χ3v) is 5.82. The minimum absolute atomic E-state index is 0.0680. The van der Waals surface area contributed by atoms with E-state index in [2.05, 4.69) is 15.3 Å². The van der Waals surface area contributed by atoms with Crippen molar-refractivity contribution in [3.05, 3.63) is 42.0 Å². The van der Waals surface area contributed by atoms with Crippen molar-refractivity contribution in [2.75, 3.05) is 24.7 Å². The van der Waals surface area contributed by atoms with Gasteiger partial charge in [0.25, 0.3) is 0 Å². The molecule has 1 aromatic heterocycles. The highest BCUT2D eigenvalue weighted by Crippen LogP contribution is 2.40. The molecule has 0 spiro atoms. The van der Waals surface area contributed by atoms with E-state index in [9.17, 15) is 9.59 Å². The number of fused-ring (bicyclic) bond motifs is 1. The van der Waals surface area contributed by atoms with E-state index < -0.39 is 5.92 Å². The van der Waals surface area contributed by atoms with Gasteiger partial charge in [0.2, 0.25) is 11.8 Å². The normalized spacial score (nSPS) is 21.4. The van der Waals surface area contributed by atoms with E-state index in [1.807, 2.05) is 25.1 Å². The Morgan fingerprint density at radius 1 is 1.20 bits per heavy atom. The molecule has 8 heteroatoms. The third-order valence-electron chi connectivity index (χ3n) is 5.82. The van der Waals surface area contributed by atoms with Crippen LogP contribution in [0.5, 0.6) is 11.5 Å². The fourth-order valence-corrected chi connectivity index (χ4v) is 4.04. The molecular formula is C22H24N4O4. The lowest BCUT2D eigenvalue weighted by Gasteiger charge is -2.22. The van der Waals surface area contributed by atoms with Gasteiger partial charge in [0, 0.05) is 36.6 Å². The first kappa shape index (κ1) is 18.8. The number of carbonyl (C=O) groups excluding carboxylic acids is 2. The van der Waals surface area contributed by atoms with Crippen molar-refractivity contribution in [1.82, 2.24) is 15.3 Å². The maximum atomic E-state index is 13.0. The second-order valence-electron chi connectivity index (χ2n) is 8.11. The van der Waals surface area contributed by atoms with Gasteiger partial charge in [0.15, 0.2) is 17.3 Å². The van der Waals surface area contributed by atoms with Gasteiger partial charge in [-0.3, -0.25) is 9.59 Å². The standard InChI is InChI=1S/C22H24N4O4/c1-13-6-7-23-21(24-13)20(14-2-3-14)25-22(28)15-10-19(27)26(12-15)16-4-5-17-18(11-16)30-9-8-29-17/h4-7,11,14-15,20H,2-3,8-10,12H2,1H3,(H,25,28)/t15-,20+/m0/s1. The predicted octanol–water partition coefficient (Wildman–Crippen LogP) is 2.18. The lowest BCUT2D eigenvalue weighted by Crippen LogP contribution is -2.37. The van der Waals surface area contributed by atoms with Gasteiger partial charge in [-0.05, 0) is 43.9 Å². The van der Waals surface area contributed by atoms with Crippen LogP contribution in [0.15, 0.2) is 30.5 Å². The first-order valence-corrected chi connectivity index (χ1v) is 10.4. The van der Waals surface area contributed by atoms with Crippen molar-refractivity contribution < 1.29 is 19.1 Å². The number of hydrogen-bond donors (Lipinski definition) is 1. The van der Waals surface area contributed by atoms with E-state index in [0.717, 1.165) is 24.2 Å². The average Bonchev–Trinajstić information content (AvgIpc) is 3.52. The Morgan fingerprint density at radius 3 is 2.77 bits per heavy atom. The summed E-state index contributed by atoms with van der Waals surface area (Å²) in [4.78, 5) is 36.2. The zero-order valence-electron chi connectivity index (χ0n) is 16.8. The van der Waals surface area contributed by atoms with E-state index in [1.165, 1.54) is 0 Å². The molecule has 1 aliphatic carbocycles. The van der Waals surface area contributed by atoms with Crippen molar-refractivity contribution in [2.45, 2.75) is 32.2 Å². The predicted molar refractivity (Wildman–Crippen MR) is 108 cm³/mol. The minimum atomic E-state index is -0.406. The topological polar surface area (TPSA) is 93.7 Å². The molecule has 1 saturated carbocycles. The van der Waals surface area contributed by atoms with Gasteiger partial charge >= 0.3 is 0 Å². The summed E-state index contributed by atoms with van der Waals surface area (Å²) >= 11 is 0. The van der Waals surface area contributed by atoms with Gasteiger partial charge in [0.05, 0.1) is 12.0 Å². The molecule has 3 heterocycles. The Kier molecular flexibility index (Phi) is 4.77. The van der Waals surface area contributed by atoms with Crippen molar-refractivity contribution in [1.29, 1.82) is 0 Å². The monoisotopic (exact) mass is 408 g/mol. The van der Waals surface area contributed by atoms with Crippen LogP contribution < -0.4 is 19.7 Å². The quantitative estimate of drug-likeness (QED) is 0.815.